The monoisotopic (exact) mass is 281 g/mol. The summed E-state index contributed by atoms with van der Waals surface area (Å²) in [5, 5.41) is 3.33. The second-order valence-electron chi connectivity index (χ2n) is 4.83. The normalized spacial score (nSPS) is 14.4. The Balaban J connectivity index is 0.00000133. The minimum atomic E-state index is 0. The van der Waals surface area contributed by atoms with Crippen molar-refractivity contribution in [2.45, 2.75) is 45.6 Å². The number of anilines is 1. The molecule has 0 bridgehead atoms. The predicted molar refractivity (Wildman–Crippen MR) is 78.1 cm³/mol. The third-order valence-electron chi connectivity index (χ3n) is 3.31. The van der Waals surface area contributed by atoms with Gasteiger partial charge in [-0.25, -0.2) is 15.0 Å². The molecule has 104 valence electrons. The number of aromatic nitrogens is 4. The number of hydrogen-bond donors (Lipinski definition) is 1. The smallest absolute Gasteiger partial charge is 0.165 e. The predicted octanol–water partition coefficient (Wildman–Crippen LogP) is 2.92. The standard InChI is InChI=1S/C13H19N5.ClH/c1-3-7-14-12-10-13(18(4-2)8-15-12)17-11(16-10)9-5-6-9;/h8-9,14H,3-7H2,1-2H3;1H. The summed E-state index contributed by atoms with van der Waals surface area (Å²) in [4.78, 5) is 13.8. The second-order valence-corrected chi connectivity index (χ2v) is 4.83. The summed E-state index contributed by atoms with van der Waals surface area (Å²) in [6.07, 6.45) is 5.39. The van der Waals surface area contributed by atoms with Gasteiger partial charge in [-0.1, -0.05) is 6.92 Å². The molecule has 3 aliphatic rings. The van der Waals surface area contributed by atoms with Crippen LogP contribution >= 0.6 is 12.4 Å². The molecule has 3 rings (SSSR count). The van der Waals surface area contributed by atoms with Crippen LogP contribution in [0, 0.1) is 0 Å². The molecule has 0 atom stereocenters. The molecule has 0 aromatic heterocycles. The number of aryl methyl sites for hydroxylation is 1. The van der Waals surface area contributed by atoms with Crippen LogP contribution in [0.5, 0.6) is 0 Å². The van der Waals surface area contributed by atoms with Crippen LogP contribution in [-0.4, -0.2) is 26.1 Å². The van der Waals surface area contributed by atoms with Gasteiger partial charge in [-0.3, -0.25) is 0 Å². The highest BCUT2D eigenvalue weighted by atomic mass is 35.5. The molecule has 2 heterocycles. The summed E-state index contributed by atoms with van der Waals surface area (Å²) in [7, 11) is 0. The minimum absolute atomic E-state index is 0. The van der Waals surface area contributed by atoms with Crippen molar-refractivity contribution in [2.24, 2.45) is 0 Å². The molecule has 6 heteroatoms. The van der Waals surface area contributed by atoms with Crippen molar-refractivity contribution in [3.05, 3.63) is 12.2 Å². The Morgan fingerprint density at radius 1 is 1.32 bits per heavy atom. The Labute approximate surface area is 119 Å². The van der Waals surface area contributed by atoms with E-state index in [1.807, 2.05) is 6.33 Å². The fourth-order valence-electron chi connectivity index (χ4n) is 2.08. The van der Waals surface area contributed by atoms with Crippen LogP contribution in [0.3, 0.4) is 0 Å². The largest absolute Gasteiger partial charge is 0.368 e. The summed E-state index contributed by atoms with van der Waals surface area (Å²) in [5.41, 5.74) is 0.926. The lowest BCUT2D eigenvalue weighted by Gasteiger charge is -2.11. The van der Waals surface area contributed by atoms with Gasteiger partial charge >= 0.3 is 0 Å². The van der Waals surface area contributed by atoms with Crippen molar-refractivity contribution in [1.29, 1.82) is 0 Å². The molecular formula is C13H20ClN5. The van der Waals surface area contributed by atoms with Gasteiger partial charge < -0.3 is 9.88 Å². The van der Waals surface area contributed by atoms with Gasteiger partial charge in [-0.05, 0) is 26.2 Å². The maximum atomic E-state index is 4.69. The first kappa shape index (κ1) is 14.1. The highest BCUT2D eigenvalue weighted by Crippen LogP contribution is 2.40. The molecule has 2 aliphatic heterocycles. The Morgan fingerprint density at radius 2 is 2.11 bits per heavy atom. The van der Waals surface area contributed by atoms with E-state index in [1.165, 1.54) is 12.8 Å². The van der Waals surface area contributed by atoms with Crippen LogP contribution in [0.2, 0.25) is 0 Å². The van der Waals surface area contributed by atoms with Gasteiger partial charge in [0.2, 0.25) is 0 Å². The number of rotatable bonds is 5. The van der Waals surface area contributed by atoms with Gasteiger partial charge in [-0.15, -0.1) is 12.4 Å². The fraction of sp³-hybridized carbons (Fsp3) is 0.615. The van der Waals surface area contributed by atoms with Gasteiger partial charge in [0.05, 0.1) is 6.33 Å². The van der Waals surface area contributed by atoms with E-state index in [4.69, 9.17) is 0 Å². The van der Waals surface area contributed by atoms with Gasteiger partial charge in [0, 0.05) is 19.0 Å². The van der Waals surface area contributed by atoms with Crippen molar-refractivity contribution < 1.29 is 0 Å². The summed E-state index contributed by atoms with van der Waals surface area (Å²) < 4.78 is 2.06. The van der Waals surface area contributed by atoms with E-state index in [0.29, 0.717) is 5.92 Å². The first-order valence-electron chi connectivity index (χ1n) is 6.80. The summed E-state index contributed by atoms with van der Waals surface area (Å²) in [6, 6.07) is 0. The number of nitrogens with zero attached hydrogens (tertiary/aromatic N) is 4. The Kier molecular flexibility index (Phi) is 4.24. The molecule has 0 unspecified atom stereocenters. The van der Waals surface area contributed by atoms with Crippen molar-refractivity contribution in [3.63, 3.8) is 0 Å². The van der Waals surface area contributed by atoms with Gasteiger partial charge in [0.15, 0.2) is 17.3 Å². The van der Waals surface area contributed by atoms with E-state index in [2.05, 4.69) is 38.7 Å². The van der Waals surface area contributed by atoms with Crippen LogP contribution < -0.4 is 5.32 Å². The highest BCUT2D eigenvalue weighted by Gasteiger charge is 2.30. The lowest BCUT2D eigenvalue weighted by atomic mass is 10.3. The van der Waals surface area contributed by atoms with Crippen LogP contribution in [-0.2, 0) is 6.54 Å². The molecule has 1 aliphatic carbocycles. The van der Waals surface area contributed by atoms with E-state index >= 15 is 0 Å². The maximum absolute atomic E-state index is 4.69. The number of hydrogen-bond acceptors (Lipinski definition) is 4. The van der Waals surface area contributed by atoms with Crippen molar-refractivity contribution in [1.82, 2.24) is 19.5 Å². The molecule has 1 N–H and O–H groups in total. The number of halogens is 1. The molecule has 0 spiro atoms. The van der Waals surface area contributed by atoms with Crippen molar-refractivity contribution >= 4 is 18.2 Å². The summed E-state index contributed by atoms with van der Waals surface area (Å²) in [5.74, 6) is 3.42. The van der Waals surface area contributed by atoms with Crippen molar-refractivity contribution in [2.75, 3.05) is 11.9 Å². The van der Waals surface area contributed by atoms with Crippen LogP contribution in [0.25, 0.3) is 11.5 Å². The maximum Gasteiger partial charge on any atom is 0.165 e. The third-order valence-corrected chi connectivity index (χ3v) is 3.31. The van der Waals surface area contributed by atoms with Crippen LogP contribution in [0.4, 0.5) is 5.82 Å². The number of imidazole rings is 1. The van der Waals surface area contributed by atoms with Crippen LogP contribution in [0.1, 0.15) is 44.9 Å². The Bertz CT molecular complexity index is 520. The Morgan fingerprint density at radius 3 is 2.74 bits per heavy atom. The first-order chi connectivity index (χ1) is 8.83. The molecule has 0 amide bonds. The molecule has 0 aromatic carbocycles. The average molecular weight is 282 g/mol. The number of nitrogens with one attached hydrogen (secondary N) is 1. The fourth-order valence-corrected chi connectivity index (χ4v) is 2.08. The van der Waals surface area contributed by atoms with E-state index in [-0.39, 0.29) is 12.4 Å². The highest BCUT2D eigenvalue weighted by molar-refractivity contribution is 5.85. The first-order valence-corrected chi connectivity index (χ1v) is 6.80. The van der Waals surface area contributed by atoms with E-state index in [1.54, 1.807) is 0 Å². The van der Waals surface area contributed by atoms with Gasteiger partial charge in [0.25, 0.3) is 0 Å². The zero-order chi connectivity index (χ0) is 12.5. The lowest BCUT2D eigenvalue weighted by molar-refractivity contribution is 0.728. The topological polar surface area (TPSA) is 55.6 Å². The second kappa shape index (κ2) is 5.74. The summed E-state index contributed by atoms with van der Waals surface area (Å²) in [6.45, 7) is 6.04. The average Bonchev–Trinajstić information content (AvgIpc) is 3.15. The molecule has 0 radical (unpaired) electrons. The number of fused-ring (bicyclic) bond motifs is 1. The van der Waals surface area contributed by atoms with Gasteiger partial charge in [-0.2, -0.15) is 0 Å². The molecule has 1 fully saturated rings. The van der Waals surface area contributed by atoms with Crippen LogP contribution in [0.15, 0.2) is 6.33 Å². The minimum Gasteiger partial charge on any atom is -0.368 e. The molecule has 5 nitrogen and oxygen atoms in total. The quantitative estimate of drug-likeness (QED) is 0.915. The molecule has 19 heavy (non-hydrogen) atoms. The Hall–Kier alpha value is -1.36. The third kappa shape index (κ3) is 2.66. The lowest BCUT2D eigenvalue weighted by Crippen LogP contribution is -2.09. The van der Waals surface area contributed by atoms with E-state index < -0.39 is 0 Å². The van der Waals surface area contributed by atoms with Crippen molar-refractivity contribution in [3.8, 4) is 11.5 Å². The molecule has 1 saturated carbocycles. The SMILES string of the molecule is CCCNc1ncn(CC)c2nc(C3CC3)nc1-2.Cl. The van der Waals surface area contributed by atoms with Gasteiger partial charge in [0.1, 0.15) is 5.82 Å². The van der Waals surface area contributed by atoms with E-state index in [0.717, 1.165) is 42.7 Å². The van der Waals surface area contributed by atoms with E-state index in [9.17, 15) is 0 Å². The molecular weight excluding hydrogens is 262 g/mol. The summed E-state index contributed by atoms with van der Waals surface area (Å²) >= 11 is 0. The zero-order valence-corrected chi connectivity index (χ0v) is 12.2. The zero-order valence-electron chi connectivity index (χ0n) is 11.4. The molecule has 0 aromatic rings. The molecule has 0 saturated heterocycles.